The molecule has 0 spiro atoms. The summed E-state index contributed by atoms with van der Waals surface area (Å²) in [6.07, 6.45) is 2.70. The smallest absolute Gasteiger partial charge is 0.217 e. The quantitative estimate of drug-likeness (QED) is 0.814. The van der Waals surface area contributed by atoms with Crippen molar-refractivity contribution in [2.45, 2.75) is 32.9 Å². The Morgan fingerprint density at radius 1 is 1.45 bits per heavy atom. The van der Waals surface area contributed by atoms with E-state index in [0.29, 0.717) is 12.6 Å². The third kappa shape index (κ3) is 4.89. The Hall–Kier alpha value is -0.910. The maximum absolute atomic E-state index is 5.83. The van der Waals surface area contributed by atoms with Gasteiger partial charge in [0.2, 0.25) is 5.88 Å². The number of thiophene rings is 1. The minimum absolute atomic E-state index is 0.438. The molecule has 0 aliphatic rings. The number of hydrogen-bond acceptors (Lipinski definition) is 4. The molecular formula is C15H19BrN2OS. The molecule has 0 fully saturated rings. The zero-order chi connectivity index (χ0) is 14.4. The molecule has 0 atom stereocenters. The number of nitrogens with zero attached hydrogens (tertiary/aromatic N) is 1. The van der Waals surface area contributed by atoms with Gasteiger partial charge in [0, 0.05) is 40.1 Å². The molecule has 1 N–H and O–H groups in total. The third-order valence-corrected chi connectivity index (χ3v) is 4.13. The van der Waals surface area contributed by atoms with Gasteiger partial charge in [0.25, 0.3) is 0 Å². The topological polar surface area (TPSA) is 34.2 Å². The molecule has 0 aliphatic carbocycles. The lowest BCUT2D eigenvalue weighted by Gasteiger charge is -2.13. The molecule has 0 amide bonds. The molecule has 0 aromatic carbocycles. The fourth-order valence-electron chi connectivity index (χ4n) is 1.74. The summed E-state index contributed by atoms with van der Waals surface area (Å²) >= 11 is 5.22. The molecule has 2 heterocycles. The molecule has 0 saturated heterocycles. The molecule has 0 bridgehead atoms. The maximum Gasteiger partial charge on any atom is 0.217 e. The minimum Gasteiger partial charge on any atom is -0.477 e. The van der Waals surface area contributed by atoms with Gasteiger partial charge in [-0.1, -0.05) is 19.9 Å². The van der Waals surface area contributed by atoms with Crippen molar-refractivity contribution < 1.29 is 4.74 Å². The van der Waals surface area contributed by atoms with Gasteiger partial charge in [0.05, 0.1) is 6.61 Å². The van der Waals surface area contributed by atoms with Gasteiger partial charge in [0.1, 0.15) is 0 Å². The fraction of sp³-hybridized carbons (Fsp3) is 0.400. The largest absolute Gasteiger partial charge is 0.477 e. The first-order chi connectivity index (χ1) is 9.65. The molecule has 0 unspecified atom stereocenters. The van der Waals surface area contributed by atoms with Crippen molar-refractivity contribution in [1.82, 2.24) is 10.3 Å². The SMILES string of the molecule is CC(C)NCc1cc(Br)cnc1OCCc1cccs1. The summed E-state index contributed by atoms with van der Waals surface area (Å²) in [6, 6.07) is 6.69. The first kappa shape index (κ1) is 15.5. The van der Waals surface area contributed by atoms with E-state index in [-0.39, 0.29) is 0 Å². The summed E-state index contributed by atoms with van der Waals surface area (Å²) in [5, 5.41) is 5.48. The van der Waals surface area contributed by atoms with Crippen LogP contribution in [0.25, 0.3) is 0 Å². The van der Waals surface area contributed by atoms with E-state index in [1.54, 1.807) is 17.5 Å². The summed E-state index contributed by atoms with van der Waals surface area (Å²) in [7, 11) is 0. The van der Waals surface area contributed by atoms with Crippen LogP contribution in [0.5, 0.6) is 5.88 Å². The molecule has 0 saturated carbocycles. The Balaban J connectivity index is 1.95. The highest BCUT2D eigenvalue weighted by Crippen LogP contribution is 2.20. The van der Waals surface area contributed by atoms with E-state index in [9.17, 15) is 0 Å². The van der Waals surface area contributed by atoms with Gasteiger partial charge in [-0.2, -0.15) is 0 Å². The summed E-state index contributed by atoms with van der Waals surface area (Å²) in [5.41, 5.74) is 1.08. The van der Waals surface area contributed by atoms with Crippen molar-refractivity contribution in [2.24, 2.45) is 0 Å². The molecule has 108 valence electrons. The van der Waals surface area contributed by atoms with Crippen molar-refractivity contribution in [3.63, 3.8) is 0 Å². The Kier molecular flexibility index (Phi) is 6.01. The second-order valence-corrected chi connectivity index (χ2v) is 6.78. The fourth-order valence-corrected chi connectivity index (χ4v) is 2.81. The molecule has 5 heteroatoms. The van der Waals surface area contributed by atoms with Crippen molar-refractivity contribution >= 4 is 27.3 Å². The van der Waals surface area contributed by atoms with Crippen LogP contribution in [0.15, 0.2) is 34.2 Å². The normalized spacial score (nSPS) is 11.0. The molecule has 0 aliphatic heterocycles. The van der Waals surface area contributed by atoms with Gasteiger partial charge >= 0.3 is 0 Å². The summed E-state index contributed by atoms with van der Waals surface area (Å²) in [4.78, 5) is 5.71. The van der Waals surface area contributed by atoms with E-state index in [1.807, 2.05) is 0 Å². The van der Waals surface area contributed by atoms with Crippen LogP contribution in [-0.2, 0) is 13.0 Å². The number of ether oxygens (including phenoxy) is 1. The van der Waals surface area contributed by atoms with Crippen LogP contribution in [0.4, 0.5) is 0 Å². The van der Waals surface area contributed by atoms with Crippen molar-refractivity contribution in [3.8, 4) is 5.88 Å². The number of rotatable bonds is 7. The second-order valence-electron chi connectivity index (χ2n) is 4.83. The number of nitrogens with one attached hydrogen (secondary N) is 1. The maximum atomic E-state index is 5.83. The van der Waals surface area contributed by atoms with Gasteiger partial charge in [-0.25, -0.2) is 4.98 Å². The van der Waals surface area contributed by atoms with Gasteiger partial charge in [-0.15, -0.1) is 11.3 Å². The van der Waals surface area contributed by atoms with Crippen molar-refractivity contribution in [1.29, 1.82) is 0 Å². The van der Waals surface area contributed by atoms with E-state index >= 15 is 0 Å². The Bertz CT molecular complexity index is 529. The average molecular weight is 355 g/mol. The number of hydrogen-bond donors (Lipinski definition) is 1. The molecule has 20 heavy (non-hydrogen) atoms. The zero-order valence-corrected chi connectivity index (χ0v) is 14.1. The Labute approximate surface area is 132 Å². The minimum atomic E-state index is 0.438. The highest BCUT2D eigenvalue weighted by Gasteiger charge is 2.07. The van der Waals surface area contributed by atoms with Crippen LogP contribution >= 0.6 is 27.3 Å². The number of pyridine rings is 1. The standard InChI is InChI=1S/C15H19BrN2OS/c1-11(2)17-9-12-8-13(16)10-18-15(12)19-6-5-14-4-3-7-20-14/h3-4,7-8,10-11,17H,5-6,9H2,1-2H3. The van der Waals surface area contributed by atoms with Crippen LogP contribution in [0.1, 0.15) is 24.3 Å². The predicted octanol–water partition coefficient (Wildman–Crippen LogP) is 4.03. The van der Waals surface area contributed by atoms with Crippen molar-refractivity contribution in [3.05, 3.63) is 44.7 Å². The molecule has 0 radical (unpaired) electrons. The number of halogens is 1. The zero-order valence-electron chi connectivity index (χ0n) is 11.7. The molecule has 2 aromatic heterocycles. The Morgan fingerprint density at radius 2 is 2.30 bits per heavy atom. The molecular weight excluding hydrogens is 336 g/mol. The van der Waals surface area contributed by atoms with Crippen molar-refractivity contribution in [2.75, 3.05) is 6.61 Å². The van der Waals surface area contributed by atoms with E-state index in [1.165, 1.54) is 4.88 Å². The number of aromatic nitrogens is 1. The van der Waals surface area contributed by atoms with Gasteiger partial charge in [-0.3, -0.25) is 0 Å². The van der Waals surface area contributed by atoms with Crippen LogP contribution < -0.4 is 10.1 Å². The molecule has 2 aromatic rings. The van der Waals surface area contributed by atoms with Crippen LogP contribution in [0, 0.1) is 0 Å². The van der Waals surface area contributed by atoms with Gasteiger partial charge < -0.3 is 10.1 Å². The molecule has 3 nitrogen and oxygen atoms in total. The summed E-state index contributed by atoms with van der Waals surface area (Å²) in [6.45, 7) is 5.67. The first-order valence-corrected chi connectivity index (χ1v) is 8.35. The van der Waals surface area contributed by atoms with Crippen LogP contribution in [0.2, 0.25) is 0 Å². The lowest BCUT2D eigenvalue weighted by Crippen LogP contribution is -2.22. The van der Waals surface area contributed by atoms with E-state index in [2.05, 4.69) is 63.7 Å². The summed E-state index contributed by atoms with van der Waals surface area (Å²) < 4.78 is 6.81. The Morgan fingerprint density at radius 3 is 3.00 bits per heavy atom. The second kappa shape index (κ2) is 7.76. The van der Waals surface area contributed by atoms with Crippen LogP contribution in [-0.4, -0.2) is 17.6 Å². The first-order valence-electron chi connectivity index (χ1n) is 6.68. The van der Waals surface area contributed by atoms with E-state index < -0.39 is 0 Å². The van der Waals surface area contributed by atoms with E-state index in [0.717, 1.165) is 28.9 Å². The highest BCUT2D eigenvalue weighted by atomic mass is 79.9. The average Bonchev–Trinajstić information content (AvgIpc) is 2.91. The summed E-state index contributed by atoms with van der Waals surface area (Å²) in [5.74, 6) is 0.720. The monoisotopic (exact) mass is 354 g/mol. The lowest BCUT2D eigenvalue weighted by molar-refractivity contribution is 0.305. The highest BCUT2D eigenvalue weighted by molar-refractivity contribution is 9.10. The lowest BCUT2D eigenvalue weighted by atomic mass is 10.2. The molecule has 2 rings (SSSR count). The van der Waals surface area contributed by atoms with Crippen LogP contribution in [0.3, 0.4) is 0 Å². The predicted molar refractivity (Wildman–Crippen MR) is 87.4 cm³/mol. The van der Waals surface area contributed by atoms with Gasteiger partial charge in [-0.05, 0) is 33.4 Å². The van der Waals surface area contributed by atoms with Gasteiger partial charge in [0.15, 0.2) is 0 Å². The third-order valence-electron chi connectivity index (χ3n) is 2.76. The van der Waals surface area contributed by atoms with E-state index in [4.69, 9.17) is 4.74 Å².